The molecule has 4 nitrogen and oxygen atoms in total. The Morgan fingerprint density at radius 2 is 2.29 bits per heavy atom. The highest BCUT2D eigenvalue weighted by atomic mass is 16.3. The molecule has 0 amide bonds. The van der Waals surface area contributed by atoms with Crippen molar-refractivity contribution in [2.45, 2.75) is 18.9 Å². The first-order valence-corrected chi connectivity index (χ1v) is 5.66. The molecule has 0 saturated carbocycles. The van der Waals surface area contributed by atoms with Gasteiger partial charge in [-0.15, -0.1) is 0 Å². The van der Waals surface area contributed by atoms with Crippen LogP contribution >= 0.6 is 0 Å². The van der Waals surface area contributed by atoms with Crippen LogP contribution in [0.1, 0.15) is 23.7 Å². The van der Waals surface area contributed by atoms with Crippen LogP contribution in [0.2, 0.25) is 0 Å². The van der Waals surface area contributed by atoms with Crippen LogP contribution in [-0.2, 0) is 13.5 Å². The van der Waals surface area contributed by atoms with Gasteiger partial charge in [0.1, 0.15) is 0 Å². The van der Waals surface area contributed by atoms with E-state index in [1.54, 1.807) is 4.68 Å². The van der Waals surface area contributed by atoms with Crippen molar-refractivity contribution in [2.75, 3.05) is 5.73 Å². The lowest BCUT2D eigenvalue weighted by molar-refractivity contribution is 0.168. The third kappa shape index (κ3) is 3.07. The second-order valence-corrected chi connectivity index (χ2v) is 4.25. The SMILES string of the molecule is Cn1cc(CCC(O)c2cccc(N)c2)cn1. The van der Waals surface area contributed by atoms with E-state index in [0.29, 0.717) is 12.1 Å². The number of nitrogens with zero attached hydrogens (tertiary/aromatic N) is 2. The number of nitrogen functional groups attached to an aromatic ring is 1. The van der Waals surface area contributed by atoms with Gasteiger partial charge in [0.25, 0.3) is 0 Å². The minimum atomic E-state index is -0.473. The van der Waals surface area contributed by atoms with Crippen LogP contribution in [0.15, 0.2) is 36.7 Å². The van der Waals surface area contributed by atoms with Gasteiger partial charge in [-0.05, 0) is 36.1 Å². The van der Waals surface area contributed by atoms with E-state index in [4.69, 9.17) is 5.73 Å². The lowest BCUT2D eigenvalue weighted by Gasteiger charge is -2.10. The zero-order chi connectivity index (χ0) is 12.3. The normalized spacial score (nSPS) is 12.6. The van der Waals surface area contributed by atoms with Crippen molar-refractivity contribution in [1.82, 2.24) is 9.78 Å². The standard InChI is InChI=1S/C13H17N3O/c1-16-9-10(8-15-16)5-6-13(17)11-3-2-4-12(14)7-11/h2-4,7-9,13,17H,5-6,14H2,1H3. The minimum absolute atomic E-state index is 0.473. The van der Waals surface area contributed by atoms with Crippen LogP contribution in [-0.4, -0.2) is 14.9 Å². The highest BCUT2D eigenvalue weighted by Gasteiger charge is 2.08. The Kier molecular flexibility index (Phi) is 3.44. The summed E-state index contributed by atoms with van der Waals surface area (Å²) in [6.07, 6.45) is 4.80. The zero-order valence-electron chi connectivity index (χ0n) is 9.87. The number of hydrogen-bond donors (Lipinski definition) is 2. The molecule has 3 N–H and O–H groups in total. The summed E-state index contributed by atoms with van der Waals surface area (Å²) in [4.78, 5) is 0. The predicted molar refractivity (Wildman–Crippen MR) is 67.3 cm³/mol. The molecule has 2 rings (SSSR count). The number of aromatic nitrogens is 2. The molecule has 17 heavy (non-hydrogen) atoms. The highest BCUT2D eigenvalue weighted by Crippen LogP contribution is 2.20. The predicted octanol–water partition coefficient (Wildman–Crippen LogP) is 1.67. The Morgan fingerprint density at radius 1 is 1.47 bits per heavy atom. The van der Waals surface area contributed by atoms with Gasteiger partial charge in [-0.1, -0.05) is 12.1 Å². The number of anilines is 1. The molecule has 0 fully saturated rings. The van der Waals surface area contributed by atoms with Crippen molar-refractivity contribution < 1.29 is 5.11 Å². The Bertz CT molecular complexity index is 493. The molecule has 1 aromatic heterocycles. The number of benzene rings is 1. The van der Waals surface area contributed by atoms with Crippen LogP contribution in [0.5, 0.6) is 0 Å². The Labute approximate surface area is 101 Å². The third-order valence-electron chi connectivity index (χ3n) is 2.76. The van der Waals surface area contributed by atoms with E-state index in [1.807, 2.05) is 43.7 Å². The fourth-order valence-electron chi connectivity index (χ4n) is 1.84. The fourth-order valence-corrected chi connectivity index (χ4v) is 1.84. The van der Waals surface area contributed by atoms with Crippen LogP contribution < -0.4 is 5.73 Å². The summed E-state index contributed by atoms with van der Waals surface area (Å²) >= 11 is 0. The Balaban J connectivity index is 1.95. The molecule has 0 aliphatic rings. The highest BCUT2D eigenvalue weighted by molar-refractivity contribution is 5.41. The Morgan fingerprint density at radius 3 is 2.94 bits per heavy atom. The van der Waals surface area contributed by atoms with Gasteiger partial charge in [0.15, 0.2) is 0 Å². The summed E-state index contributed by atoms with van der Waals surface area (Å²) < 4.78 is 1.77. The van der Waals surface area contributed by atoms with Crippen LogP contribution in [0.3, 0.4) is 0 Å². The molecule has 0 saturated heterocycles. The molecule has 1 unspecified atom stereocenters. The summed E-state index contributed by atoms with van der Waals surface area (Å²) in [6, 6.07) is 7.38. The molecule has 1 aromatic carbocycles. The smallest absolute Gasteiger partial charge is 0.0794 e. The van der Waals surface area contributed by atoms with Crippen LogP contribution in [0.4, 0.5) is 5.69 Å². The van der Waals surface area contributed by atoms with Crippen molar-refractivity contribution >= 4 is 5.69 Å². The van der Waals surface area contributed by atoms with E-state index in [-0.39, 0.29) is 0 Å². The average molecular weight is 231 g/mol. The molecule has 0 aliphatic heterocycles. The molecular weight excluding hydrogens is 214 g/mol. The molecule has 1 atom stereocenters. The van der Waals surface area contributed by atoms with E-state index in [9.17, 15) is 5.11 Å². The van der Waals surface area contributed by atoms with Crippen molar-refractivity contribution in [3.63, 3.8) is 0 Å². The van der Waals surface area contributed by atoms with E-state index in [2.05, 4.69) is 5.10 Å². The summed E-state index contributed by atoms with van der Waals surface area (Å²) in [7, 11) is 1.89. The molecule has 90 valence electrons. The largest absolute Gasteiger partial charge is 0.399 e. The monoisotopic (exact) mass is 231 g/mol. The molecule has 0 aliphatic carbocycles. The first-order valence-electron chi connectivity index (χ1n) is 5.66. The first kappa shape index (κ1) is 11.7. The summed E-state index contributed by atoms with van der Waals surface area (Å²) in [5.74, 6) is 0. The number of nitrogens with two attached hydrogens (primary N) is 1. The number of rotatable bonds is 4. The molecule has 0 spiro atoms. The van der Waals surface area contributed by atoms with Crippen molar-refractivity contribution in [3.05, 3.63) is 47.8 Å². The minimum Gasteiger partial charge on any atom is -0.399 e. The van der Waals surface area contributed by atoms with Crippen molar-refractivity contribution in [3.8, 4) is 0 Å². The zero-order valence-corrected chi connectivity index (χ0v) is 9.87. The lowest BCUT2D eigenvalue weighted by atomic mass is 10.0. The molecule has 4 heteroatoms. The number of aliphatic hydroxyl groups is 1. The van der Waals surface area contributed by atoms with Crippen LogP contribution in [0.25, 0.3) is 0 Å². The quantitative estimate of drug-likeness (QED) is 0.787. The molecule has 0 bridgehead atoms. The molecule has 1 heterocycles. The fraction of sp³-hybridized carbons (Fsp3) is 0.308. The molecule has 0 radical (unpaired) electrons. The maximum absolute atomic E-state index is 10.0. The van der Waals surface area contributed by atoms with Gasteiger partial charge in [0, 0.05) is 18.9 Å². The number of hydrogen-bond acceptors (Lipinski definition) is 3. The third-order valence-corrected chi connectivity index (χ3v) is 2.76. The van der Waals surface area contributed by atoms with E-state index < -0.39 is 6.10 Å². The second kappa shape index (κ2) is 5.01. The average Bonchev–Trinajstić information content (AvgIpc) is 2.72. The van der Waals surface area contributed by atoms with E-state index in [1.165, 1.54) is 0 Å². The number of aryl methyl sites for hydroxylation is 2. The van der Waals surface area contributed by atoms with Gasteiger partial charge in [0.05, 0.1) is 12.3 Å². The van der Waals surface area contributed by atoms with Gasteiger partial charge in [-0.25, -0.2) is 0 Å². The molecule has 2 aromatic rings. The van der Waals surface area contributed by atoms with Gasteiger partial charge < -0.3 is 10.8 Å². The van der Waals surface area contributed by atoms with Crippen molar-refractivity contribution in [1.29, 1.82) is 0 Å². The maximum Gasteiger partial charge on any atom is 0.0794 e. The topological polar surface area (TPSA) is 64.1 Å². The summed E-state index contributed by atoms with van der Waals surface area (Å²) in [5, 5.41) is 14.1. The summed E-state index contributed by atoms with van der Waals surface area (Å²) in [5.41, 5.74) is 8.37. The van der Waals surface area contributed by atoms with E-state index in [0.717, 1.165) is 17.5 Å². The van der Waals surface area contributed by atoms with Gasteiger partial charge in [-0.2, -0.15) is 5.10 Å². The molecular formula is C13H17N3O. The van der Waals surface area contributed by atoms with Gasteiger partial charge in [0.2, 0.25) is 0 Å². The second-order valence-electron chi connectivity index (χ2n) is 4.25. The number of aliphatic hydroxyl groups excluding tert-OH is 1. The maximum atomic E-state index is 10.0. The Hall–Kier alpha value is -1.81. The lowest BCUT2D eigenvalue weighted by Crippen LogP contribution is -2.00. The van der Waals surface area contributed by atoms with Gasteiger partial charge in [-0.3, -0.25) is 4.68 Å². The van der Waals surface area contributed by atoms with Gasteiger partial charge >= 0.3 is 0 Å². The van der Waals surface area contributed by atoms with E-state index >= 15 is 0 Å². The van der Waals surface area contributed by atoms with Crippen LogP contribution in [0, 0.1) is 0 Å². The first-order chi connectivity index (χ1) is 8.15. The van der Waals surface area contributed by atoms with Crippen molar-refractivity contribution in [2.24, 2.45) is 7.05 Å². The summed E-state index contributed by atoms with van der Waals surface area (Å²) in [6.45, 7) is 0.